The predicted octanol–water partition coefficient (Wildman–Crippen LogP) is 2.29. The van der Waals surface area contributed by atoms with E-state index in [4.69, 9.17) is 15.3 Å². The second-order valence-corrected chi connectivity index (χ2v) is 3.49. The number of rotatable bonds is 4. The van der Waals surface area contributed by atoms with Gasteiger partial charge in [0.05, 0.1) is 11.8 Å². The van der Waals surface area contributed by atoms with Crippen LogP contribution < -0.4 is 10.2 Å². The van der Waals surface area contributed by atoms with Crippen molar-refractivity contribution in [2.75, 3.05) is 5.43 Å². The number of anilines is 1. The smallest absolute Gasteiger partial charge is 0.237 e. The molecule has 0 bridgehead atoms. The number of benzene rings is 1. The van der Waals surface area contributed by atoms with E-state index < -0.39 is 0 Å². The molecule has 1 rings (SSSR count). The minimum Gasteiger partial charge on any atom is -0.491 e. The molecule has 0 saturated heterocycles. The Bertz CT molecular complexity index is 478. The summed E-state index contributed by atoms with van der Waals surface area (Å²) in [6.45, 7) is 3.86. The maximum atomic E-state index is 8.51. The molecular formula is C12H12N4O. The Kier molecular flexibility index (Phi) is 4.53. The molecule has 0 amide bonds. The van der Waals surface area contributed by atoms with Gasteiger partial charge in [-0.3, -0.25) is 5.43 Å². The van der Waals surface area contributed by atoms with E-state index in [1.807, 2.05) is 19.9 Å². The Hall–Kier alpha value is -2.53. The van der Waals surface area contributed by atoms with Gasteiger partial charge in [0.25, 0.3) is 0 Å². The fourth-order valence-corrected chi connectivity index (χ4v) is 1.11. The summed E-state index contributed by atoms with van der Waals surface area (Å²) in [6, 6.07) is 10.5. The van der Waals surface area contributed by atoms with E-state index in [0.717, 1.165) is 0 Å². The van der Waals surface area contributed by atoms with Gasteiger partial charge in [0.1, 0.15) is 17.9 Å². The highest BCUT2D eigenvalue weighted by Crippen LogP contribution is 2.18. The van der Waals surface area contributed by atoms with Crippen LogP contribution in [-0.2, 0) is 0 Å². The SMILES string of the molecule is CC(C)Oc1cccc(NN=C(C#N)C#N)c1. The van der Waals surface area contributed by atoms with Crippen molar-refractivity contribution in [1.82, 2.24) is 0 Å². The molecule has 0 fully saturated rings. The van der Waals surface area contributed by atoms with Gasteiger partial charge in [-0.25, -0.2) is 0 Å². The van der Waals surface area contributed by atoms with Crippen LogP contribution in [-0.4, -0.2) is 11.8 Å². The van der Waals surface area contributed by atoms with E-state index in [2.05, 4.69) is 10.5 Å². The summed E-state index contributed by atoms with van der Waals surface area (Å²) in [4.78, 5) is 0. The molecule has 0 aromatic heterocycles. The number of hydrazone groups is 1. The van der Waals surface area contributed by atoms with Gasteiger partial charge < -0.3 is 4.74 Å². The second-order valence-electron chi connectivity index (χ2n) is 3.49. The van der Waals surface area contributed by atoms with Gasteiger partial charge in [-0.05, 0) is 26.0 Å². The molecule has 17 heavy (non-hydrogen) atoms. The molecule has 0 aliphatic rings. The third-order valence-electron chi connectivity index (χ3n) is 1.71. The molecule has 5 heteroatoms. The van der Waals surface area contributed by atoms with Crippen molar-refractivity contribution in [2.24, 2.45) is 5.10 Å². The normalized spacial score (nSPS) is 9.00. The van der Waals surface area contributed by atoms with Crippen LogP contribution in [0.5, 0.6) is 5.75 Å². The molecule has 5 nitrogen and oxygen atoms in total. The Morgan fingerprint density at radius 1 is 1.35 bits per heavy atom. The average Bonchev–Trinajstić information content (AvgIpc) is 2.30. The zero-order chi connectivity index (χ0) is 12.7. The molecule has 0 saturated carbocycles. The number of hydrogen-bond donors (Lipinski definition) is 1. The largest absolute Gasteiger partial charge is 0.491 e. The molecule has 0 radical (unpaired) electrons. The van der Waals surface area contributed by atoms with Crippen molar-refractivity contribution in [1.29, 1.82) is 10.5 Å². The Morgan fingerprint density at radius 2 is 2.06 bits per heavy atom. The van der Waals surface area contributed by atoms with Crippen LogP contribution in [0.2, 0.25) is 0 Å². The van der Waals surface area contributed by atoms with Crippen molar-refractivity contribution in [3.8, 4) is 17.9 Å². The van der Waals surface area contributed by atoms with Crippen LogP contribution in [0.1, 0.15) is 13.8 Å². The van der Waals surface area contributed by atoms with Gasteiger partial charge in [-0.2, -0.15) is 15.6 Å². The highest BCUT2D eigenvalue weighted by Gasteiger charge is 1.99. The van der Waals surface area contributed by atoms with Gasteiger partial charge >= 0.3 is 0 Å². The van der Waals surface area contributed by atoms with Crippen LogP contribution in [0.3, 0.4) is 0 Å². The fraction of sp³-hybridized carbons (Fsp3) is 0.250. The maximum Gasteiger partial charge on any atom is 0.237 e. The monoisotopic (exact) mass is 228 g/mol. The first-order chi connectivity index (χ1) is 8.15. The van der Waals surface area contributed by atoms with E-state index in [0.29, 0.717) is 11.4 Å². The molecule has 1 aromatic rings. The minimum absolute atomic E-state index is 0.0857. The molecule has 0 aliphatic heterocycles. The first-order valence-corrected chi connectivity index (χ1v) is 5.06. The van der Waals surface area contributed by atoms with E-state index in [9.17, 15) is 0 Å². The number of nitrogens with zero attached hydrogens (tertiary/aromatic N) is 3. The summed E-state index contributed by atoms with van der Waals surface area (Å²) in [5.41, 5.74) is 3.06. The molecule has 0 heterocycles. The summed E-state index contributed by atoms with van der Waals surface area (Å²) in [5.74, 6) is 0.704. The topological polar surface area (TPSA) is 81.2 Å². The molecule has 86 valence electrons. The van der Waals surface area contributed by atoms with Crippen LogP contribution >= 0.6 is 0 Å². The molecular weight excluding hydrogens is 216 g/mol. The highest BCUT2D eigenvalue weighted by molar-refractivity contribution is 6.10. The van der Waals surface area contributed by atoms with Crippen molar-refractivity contribution in [3.63, 3.8) is 0 Å². The predicted molar refractivity (Wildman–Crippen MR) is 64.5 cm³/mol. The standard InChI is InChI=1S/C12H12N4O/c1-9(2)17-12-5-3-4-10(6-12)15-16-11(7-13)8-14/h3-6,9,15H,1-2H3. The molecule has 1 aromatic carbocycles. The zero-order valence-corrected chi connectivity index (χ0v) is 9.64. The van der Waals surface area contributed by atoms with Crippen molar-refractivity contribution < 1.29 is 4.74 Å². The van der Waals surface area contributed by atoms with Crippen LogP contribution in [0.4, 0.5) is 5.69 Å². The van der Waals surface area contributed by atoms with Gasteiger partial charge in [0, 0.05) is 6.07 Å². The summed E-state index contributed by atoms with van der Waals surface area (Å²) in [7, 11) is 0. The van der Waals surface area contributed by atoms with Crippen LogP contribution in [0, 0.1) is 22.7 Å². The molecule has 1 N–H and O–H groups in total. The van der Waals surface area contributed by atoms with Gasteiger partial charge in [0.2, 0.25) is 5.71 Å². The maximum absolute atomic E-state index is 8.51. The number of hydrogen-bond acceptors (Lipinski definition) is 5. The van der Waals surface area contributed by atoms with E-state index in [1.54, 1.807) is 30.3 Å². The molecule has 0 spiro atoms. The summed E-state index contributed by atoms with van der Waals surface area (Å²) >= 11 is 0. The Balaban J connectivity index is 2.77. The Morgan fingerprint density at radius 3 is 2.65 bits per heavy atom. The lowest BCUT2D eigenvalue weighted by Crippen LogP contribution is -2.05. The molecule has 0 unspecified atom stereocenters. The average molecular weight is 228 g/mol. The summed E-state index contributed by atoms with van der Waals surface area (Å²) < 4.78 is 5.50. The first-order valence-electron chi connectivity index (χ1n) is 5.06. The number of nitriles is 2. The first kappa shape index (κ1) is 12.5. The fourth-order valence-electron chi connectivity index (χ4n) is 1.11. The quantitative estimate of drug-likeness (QED) is 0.633. The summed E-state index contributed by atoms with van der Waals surface area (Å²) in [5, 5.41) is 20.7. The zero-order valence-electron chi connectivity index (χ0n) is 9.64. The third-order valence-corrected chi connectivity index (χ3v) is 1.71. The number of nitrogens with one attached hydrogen (secondary N) is 1. The lowest BCUT2D eigenvalue weighted by atomic mass is 10.3. The second kappa shape index (κ2) is 6.14. The van der Waals surface area contributed by atoms with E-state index in [1.165, 1.54) is 0 Å². The Labute approximate surface area is 99.9 Å². The van der Waals surface area contributed by atoms with E-state index >= 15 is 0 Å². The lowest BCUT2D eigenvalue weighted by Gasteiger charge is -2.10. The number of ether oxygens (including phenoxy) is 1. The summed E-state index contributed by atoms with van der Waals surface area (Å²) in [6.07, 6.45) is 0.0857. The minimum atomic E-state index is -0.222. The van der Waals surface area contributed by atoms with Crippen molar-refractivity contribution >= 4 is 11.4 Å². The van der Waals surface area contributed by atoms with E-state index in [-0.39, 0.29) is 11.8 Å². The van der Waals surface area contributed by atoms with Gasteiger partial charge in [-0.1, -0.05) is 6.07 Å². The third kappa shape index (κ3) is 4.23. The van der Waals surface area contributed by atoms with Crippen LogP contribution in [0.15, 0.2) is 29.4 Å². The highest BCUT2D eigenvalue weighted by atomic mass is 16.5. The van der Waals surface area contributed by atoms with Crippen molar-refractivity contribution in [3.05, 3.63) is 24.3 Å². The molecule has 0 aliphatic carbocycles. The van der Waals surface area contributed by atoms with Gasteiger partial charge in [0.15, 0.2) is 0 Å². The molecule has 0 atom stereocenters. The van der Waals surface area contributed by atoms with Crippen molar-refractivity contribution in [2.45, 2.75) is 20.0 Å². The van der Waals surface area contributed by atoms with Crippen LogP contribution in [0.25, 0.3) is 0 Å². The lowest BCUT2D eigenvalue weighted by molar-refractivity contribution is 0.242. The van der Waals surface area contributed by atoms with Gasteiger partial charge in [-0.15, -0.1) is 0 Å².